The monoisotopic (exact) mass is 378 g/mol. The summed E-state index contributed by atoms with van der Waals surface area (Å²) in [5.74, 6) is 0.172. The van der Waals surface area contributed by atoms with Crippen molar-refractivity contribution in [2.75, 3.05) is 6.61 Å². The highest BCUT2D eigenvalue weighted by Gasteiger charge is 2.11. The SMILES string of the molecule is CCOC(=O)CCc1ccc(OCc2c(F)cccc2-c2ccccc2)cc1. The van der Waals surface area contributed by atoms with Crippen LogP contribution >= 0.6 is 0 Å². The van der Waals surface area contributed by atoms with Crippen LogP contribution in [0.3, 0.4) is 0 Å². The van der Waals surface area contributed by atoms with Crippen molar-refractivity contribution in [3.8, 4) is 16.9 Å². The molecule has 0 atom stereocenters. The molecule has 0 amide bonds. The van der Waals surface area contributed by atoms with Gasteiger partial charge in [0.1, 0.15) is 18.2 Å². The molecule has 0 saturated heterocycles. The Morgan fingerprint density at radius 2 is 1.68 bits per heavy atom. The summed E-state index contributed by atoms with van der Waals surface area (Å²) in [7, 11) is 0. The molecule has 0 unspecified atom stereocenters. The summed E-state index contributed by atoms with van der Waals surface area (Å²) in [5, 5.41) is 0. The van der Waals surface area contributed by atoms with Crippen molar-refractivity contribution >= 4 is 5.97 Å². The Balaban J connectivity index is 1.65. The maximum Gasteiger partial charge on any atom is 0.306 e. The second-order valence-corrected chi connectivity index (χ2v) is 6.37. The number of esters is 1. The van der Waals surface area contributed by atoms with Gasteiger partial charge >= 0.3 is 5.97 Å². The number of halogens is 1. The van der Waals surface area contributed by atoms with Crippen molar-refractivity contribution in [1.29, 1.82) is 0 Å². The fourth-order valence-corrected chi connectivity index (χ4v) is 2.98. The average molecular weight is 378 g/mol. The molecule has 3 nitrogen and oxygen atoms in total. The Morgan fingerprint density at radius 1 is 0.929 bits per heavy atom. The average Bonchev–Trinajstić information content (AvgIpc) is 2.73. The summed E-state index contributed by atoms with van der Waals surface area (Å²) in [6.07, 6.45) is 0.967. The molecule has 3 aromatic carbocycles. The summed E-state index contributed by atoms with van der Waals surface area (Å²) < 4.78 is 25.2. The van der Waals surface area contributed by atoms with E-state index in [2.05, 4.69) is 0 Å². The van der Waals surface area contributed by atoms with Crippen LogP contribution in [-0.4, -0.2) is 12.6 Å². The number of aryl methyl sites for hydroxylation is 1. The lowest BCUT2D eigenvalue weighted by molar-refractivity contribution is -0.143. The second kappa shape index (κ2) is 9.70. The number of hydrogen-bond acceptors (Lipinski definition) is 3. The Bertz CT molecular complexity index is 905. The van der Waals surface area contributed by atoms with Gasteiger partial charge in [0.05, 0.1) is 6.61 Å². The molecule has 28 heavy (non-hydrogen) atoms. The predicted octanol–water partition coefficient (Wildman–Crippen LogP) is 5.57. The third kappa shape index (κ3) is 5.19. The van der Waals surface area contributed by atoms with E-state index >= 15 is 0 Å². The fourth-order valence-electron chi connectivity index (χ4n) is 2.98. The summed E-state index contributed by atoms with van der Waals surface area (Å²) in [6.45, 7) is 2.33. The zero-order valence-electron chi connectivity index (χ0n) is 15.9. The predicted molar refractivity (Wildman–Crippen MR) is 108 cm³/mol. The lowest BCUT2D eigenvalue weighted by Crippen LogP contribution is -2.05. The van der Waals surface area contributed by atoms with Crippen LogP contribution in [0.1, 0.15) is 24.5 Å². The lowest BCUT2D eigenvalue weighted by Gasteiger charge is -2.13. The minimum absolute atomic E-state index is 0.138. The molecule has 144 valence electrons. The highest BCUT2D eigenvalue weighted by molar-refractivity contribution is 5.69. The molecule has 4 heteroatoms. The summed E-state index contributed by atoms with van der Waals surface area (Å²) in [6, 6.07) is 22.3. The number of carbonyl (C=O) groups is 1. The van der Waals surface area contributed by atoms with E-state index in [4.69, 9.17) is 9.47 Å². The smallest absolute Gasteiger partial charge is 0.306 e. The number of benzene rings is 3. The molecule has 0 heterocycles. The zero-order valence-corrected chi connectivity index (χ0v) is 15.9. The van der Waals surface area contributed by atoms with Crippen LogP contribution in [0.2, 0.25) is 0 Å². The minimum Gasteiger partial charge on any atom is -0.489 e. The molecule has 3 aromatic rings. The maximum absolute atomic E-state index is 14.4. The zero-order chi connectivity index (χ0) is 19.8. The molecular formula is C24H23FO3. The maximum atomic E-state index is 14.4. The van der Waals surface area contributed by atoms with Gasteiger partial charge in [-0.05, 0) is 48.2 Å². The molecule has 0 aliphatic carbocycles. The first-order valence-electron chi connectivity index (χ1n) is 9.37. The van der Waals surface area contributed by atoms with Gasteiger partial charge in [-0.15, -0.1) is 0 Å². The molecule has 0 N–H and O–H groups in total. The molecule has 3 rings (SSSR count). The van der Waals surface area contributed by atoms with Gasteiger partial charge in [-0.1, -0.05) is 54.6 Å². The lowest BCUT2D eigenvalue weighted by atomic mass is 10.00. The summed E-state index contributed by atoms with van der Waals surface area (Å²) in [5.41, 5.74) is 3.33. The van der Waals surface area contributed by atoms with Crippen LogP contribution < -0.4 is 4.74 Å². The third-order valence-electron chi connectivity index (χ3n) is 4.43. The van der Waals surface area contributed by atoms with E-state index in [1.165, 1.54) is 6.07 Å². The second-order valence-electron chi connectivity index (χ2n) is 6.37. The first-order chi connectivity index (χ1) is 13.7. The number of carbonyl (C=O) groups excluding carboxylic acids is 1. The fraction of sp³-hybridized carbons (Fsp3) is 0.208. The Kier molecular flexibility index (Phi) is 6.79. The summed E-state index contributed by atoms with van der Waals surface area (Å²) in [4.78, 5) is 11.4. The standard InChI is InChI=1S/C24H23FO3/c1-2-27-24(26)16-13-18-11-14-20(15-12-18)28-17-22-21(9-6-10-23(22)25)19-7-4-3-5-8-19/h3-12,14-15H,2,13,16-17H2,1H3. The first kappa shape index (κ1) is 19.6. The topological polar surface area (TPSA) is 35.5 Å². The first-order valence-corrected chi connectivity index (χ1v) is 9.37. The molecule has 0 fully saturated rings. The van der Waals surface area contributed by atoms with Crippen molar-refractivity contribution in [3.63, 3.8) is 0 Å². The van der Waals surface area contributed by atoms with Crippen molar-refractivity contribution in [2.45, 2.75) is 26.4 Å². The van der Waals surface area contributed by atoms with Crippen molar-refractivity contribution in [2.24, 2.45) is 0 Å². The number of hydrogen-bond donors (Lipinski definition) is 0. The Labute approximate surface area is 164 Å². The molecule has 0 spiro atoms. The van der Waals surface area contributed by atoms with Gasteiger partial charge in [0.25, 0.3) is 0 Å². The van der Waals surface area contributed by atoms with Crippen LogP contribution in [0.15, 0.2) is 72.8 Å². The van der Waals surface area contributed by atoms with Gasteiger partial charge in [-0.2, -0.15) is 0 Å². The van der Waals surface area contributed by atoms with E-state index in [1.54, 1.807) is 13.0 Å². The Hall–Kier alpha value is -3.14. The summed E-state index contributed by atoms with van der Waals surface area (Å²) >= 11 is 0. The number of rotatable bonds is 8. The molecular weight excluding hydrogens is 355 g/mol. The molecule has 0 aliphatic heterocycles. The van der Waals surface area contributed by atoms with E-state index in [1.807, 2.05) is 60.7 Å². The molecule has 0 aromatic heterocycles. The van der Waals surface area contributed by atoms with Gasteiger partial charge in [0, 0.05) is 12.0 Å². The van der Waals surface area contributed by atoms with Crippen molar-refractivity contribution in [3.05, 3.63) is 89.7 Å². The minimum atomic E-state index is -0.285. The molecule has 0 bridgehead atoms. The highest BCUT2D eigenvalue weighted by Crippen LogP contribution is 2.27. The molecule has 0 saturated carbocycles. The van der Waals surface area contributed by atoms with Gasteiger partial charge in [-0.25, -0.2) is 4.39 Å². The third-order valence-corrected chi connectivity index (χ3v) is 4.43. The quantitative estimate of drug-likeness (QED) is 0.481. The van der Waals surface area contributed by atoms with E-state index < -0.39 is 0 Å². The highest BCUT2D eigenvalue weighted by atomic mass is 19.1. The van der Waals surface area contributed by atoms with E-state index in [0.717, 1.165) is 16.7 Å². The van der Waals surface area contributed by atoms with Crippen LogP contribution in [0.25, 0.3) is 11.1 Å². The van der Waals surface area contributed by atoms with Gasteiger partial charge in [-0.3, -0.25) is 4.79 Å². The van der Waals surface area contributed by atoms with E-state index in [0.29, 0.717) is 30.8 Å². The van der Waals surface area contributed by atoms with E-state index in [9.17, 15) is 9.18 Å². The van der Waals surface area contributed by atoms with Crippen LogP contribution in [0, 0.1) is 5.82 Å². The van der Waals surface area contributed by atoms with Crippen molar-refractivity contribution in [1.82, 2.24) is 0 Å². The van der Waals surface area contributed by atoms with E-state index in [-0.39, 0.29) is 18.4 Å². The largest absolute Gasteiger partial charge is 0.489 e. The number of ether oxygens (including phenoxy) is 2. The van der Waals surface area contributed by atoms with Gasteiger partial charge in [0.2, 0.25) is 0 Å². The Morgan fingerprint density at radius 3 is 2.39 bits per heavy atom. The molecule has 0 aliphatic rings. The van der Waals surface area contributed by atoms with Crippen LogP contribution in [0.5, 0.6) is 5.75 Å². The van der Waals surface area contributed by atoms with Gasteiger partial charge in [0.15, 0.2) is 0 Å². The molecule has 0 radical (unpaired) electrons. The van der Waals surface area contributed by atoms with Crippen molar-refractivity contribution < 1.29 is 18.7 Å². The van der Waals surface area contributed by atoms with Gasteiger partial charge < -0.3 is 9.47 Å². The van der Waals surface area contributed by atoms with Crippen LogP contribution in [0.4, 0.5) is 4.39 Å². The normalized spacial score (nSPS) is 10.5. The van der Waals surface area contributed by atoms with Crippen LogP contribution in [-0.2, 0) is 22.6 Å².